The Bertz CT molecular complexity index is 979. The highest BCUT2D eigenvalue weighted by Crippen LogP contribution is 2.58. The fourth-order valence-corrected chi connectivity index (χ4v) is 7.77. The summed E-state index contributed by atoms with van der Waals surface area (Å²) in [5, 5.41) is 0. The van der Waals surface area contributed by atoms with Crippen LogP contribution in [0, 0.1) is 4.64 Å². The normalized spacial score (nSPS) is 34.3. The second-order valence-electron chi connectivity index (χ2n) is 6.32. The fraction of sp³-hybridized carbons (Fsp3) is 0.615. The number of nitrogens with one attached hydrogen (secondary N) is 1. The Kier molecular flexibility index (Phi) is 4.76. The summed E-state index contributed by atoms with van der Waals surface area (Å²) in [5.74, 6) is 1.74. The van der Waals surface area contributed by atoms with Gasteiger partial charge in [0, 0.05) is 17.9 Å². The Morgan fingerprint density at radius 3 is 3.04 bits per heavy atom. The van der Waals surface area contributed by atoms with Crippen LogP contribution in [-0.2, 0) is 22.9 Å². The lowest BCUT2D eigenvalue weighted by Crippen LogP contribution is -2.34. The molecule has 10 nitrogen and oxygen atoms in total. The number of imidazole rings is 1. The smallest absolute Gasteiger partial charge is 0.369 e. The van der Waals surface area contributed by atoms with Gasteiger partial charge in [-0.25, -0.2) is 9.55 Å². The first-order valence-corrected chi connectivity index (χ1v) is 12.6. The minimum atomic E-state index is -3.59. The van der Waals surface area contributed by atoms with E-state index < -0.39 is 20.2 Å². The number of nitrogens with two attached hydrogens (primary N) is 1. The van der Waals surface area contributed by atoms with Crippen molar-refractivity contribution in [2.24, 2.45) is 0 Å². The minimum absolute atomic E-state index is 0.132. The van der Waals surface area contributed by atoms with Crippen LogP contribution >= 0.6 is 41.6 Å². The van der Waals surface area contributed by atoms with E-state index in [9.17, 15) is 4.57 Å². The highest BCUT2D eigenvalue weighted by atomic mass is 33.1. The molecule has 2 aromatic heterocycles. The maximum absolute atomic E-state index is 12.8. The van der Waals surface area contributed by atoms with Crippen LogP contribution in [0.25, 0.3) is 11.2 Å². The maximum atomic E-state index is 12.8. The van der Waals surface area contributed by atoms with Gasteiger partial charge in [-0.05, 0) is 0 Å². The van der Waals surface area contributed by atoms with Crippen molar-refractivity contribution in [1.29, 1.82) is 0 Å². The monoisotopic (exact) mass is 449 g/mol. The molecular formula is C13H16N5O5PS3. The number of aromatic amines is 1. The number of anilines is 1. The summed E-state index contributed by atoms with van der Waals surface area (Å²) in [6.45, 7) is 0.147. The summed E-state index contributed by atoms with van der Waals surface area (Å²) in [4.78, 5) is 11.3. The summed E-state index contributed by atoms with van der Waals surface area (Å²) in [6.07, 6.45) is 0.791. The number of fused-ring (bicyclic) bond motifs is 2. The Morgan fingerprint density at radius 2 is 2.22 bits per heavy atom. The van der Waals surface area contributed by atoms with E-state index in [2.05, 4.69) is 15.0 Å². The Morgan fingerprint density at radius 1 is 1.41 bits per heavy atom. The second-order valence-corrected chi connectivity index (χ2v) is 10.9. The molecule has 0 spiro atoms. The van der Waals surface area contributed by atoms with Gasteiger partial charge in [0.05, 0.1) is 19.0 Å². The molecule has 0 bridgehead atoms. The van der Waals surface area contributed by atoms with E-state index in [0.717, 1.165) is 11.5 Å². The molecule has 3 N–H and O–H groups in total. The molecule has 5 rings (SSSR count). The van der Waals surface area contributed by atoms with Crippen LogP contribution in [0.15, 0.2) is 6.33 Å². The van der Waals surface area contributed by atoms with Crippen molar-refractivity contribution in [1.82, 2.24) is 19.5 Å². The fourth-order valence-electron chi connectivity index (χ4n) is 3.24. The number of nitrogens with zero attached hydrogens (tertiary/aromatic N) is 3. The molecule has 0 unspecified atom stereocenters. The summed E-state index contributed by atoms with van der Waals surface area (Å²) in [7, 11) is -0.214. The van der Waals surface area contributed by atoms with Crippen LogP contribution in [0.5, 0.6) is 0 Å². The largest absolute Gasteiger partial charge is 0.475 e. The predicted molar refractivity (Wildman–Crippen MR) is 104 cm³/mol. The summed E-state index contributed by atoms with van der Waals surface area (Å²) in [6, 6.07) is 0. The van der Waals surface area contributed by atoms with Crippen molar-refractivity contribution in [2.75, 3.05) is 23.8 Å². The molecule has 0 saturated carbocycles. The predicted octanol–water partition coefficient (Wildman–Crippen LogP) is 2.66. The SMILES string of the molecule is Nc1nc2c(ncn2[C@H]2C[C@@H]3O[P@@](=O)(OC4CSSC4)OC[C@H]3O2)c(=S)[nH]1. The van der Waals surface area contributed by atoms with Gasteiger partial charge in [0.15, 0.2) is 5.65 Å². The zero-order valence-corrected chi connectivity index (χ0v) is 17.2. The molecule has 0 aliphatic carbocycles. The number of nitrogen functional groups attached to an aromatic ring is 1. The van der Waals surface area contributed by atoms with Crippen molar-refractivity contribution in [3.05, 3.63) is 11.0 Å². The number of phosphoric acid groups is 1. The number of hydrogen-bond acceptors (Lipinski definition) is 11. The van der Waals surface area contributed by atoms with Crippen LogP contribution in [0.4, 0.5) is 5.95 Å². The van der Waals surface area contributed by atoms with E-state index in [1.165, 1.54) is 0 Å². The van der Waals surface area contributed by atoms with E-state index in [1.807, 2.05) is 0 Å². The van der Waals surface area contributed by atoms with E-state index >= 15 is 0 Å². The van der Waals surface area contributed by atoms with Crippen LogP contribution < -0.4 is 5.73 Å². The lowest BCUT2D eigenvalue weighted by atomic mass is 10.2. The summed E-state index contributed by atoms with van der Waals surface area (Å²) in [5.41, 5.74) is 6.83. The average molecular weight is 449 g/mol. The Hall–Kier alpha value is -0.660. The molecule has 0 amide bonds. The van der Waals surface area contributed by atoms with Crippen molar-refractivity contribution in [3.63, 3.8) is 0 Å². The topological polar surface area (TPSA) is 127 Å². The molecule has 0 aromatic carbocycles. The molecule has 3 saturated heterocycles. The number of rotatable bonds is 3. The van der Waals surface area contributed by atoms with Gasteiger partial charge in [-0.2, -0.15) is 4.98 Å². The van der Waals surface area contributed by atoms with Gasteiger partial charge in [-0.15, -0.1) is 0 Å². The second kappa shape index (κ2) is 6.99. The van der Waals surface area contributed by atoms with Gasteiger partial charge < -0.3 is 15.5 Å². The first-order valence-electron chi connectivity index (χ1n) is 8.24. The number of H-pyrrole nitrogens is 1. The molecule has 14 heteroatoms. The average Bonchev–Trinajstić information content (AvgIpc) is 3.33. The summed E-state index contributed by atoms with van der Waals surface area (Å²) >= 11 is 5.24. The third-order valence-electron chi connectivity index (χ3n) is 4.47. The molecule has 4 atom stereocenters. The van der Waals surface area contributed by atoms with Gasteiger partial charge in [-0.1, -0.05) is 33.8 Å². The Balaban J connectivity index is 1.36. The lowest BCUT2D eigenvalue weighted by Gasteiger charge is -2.31. The van der Waals surface area contributed by atoms with E-state index in [-0.39, 0.29) is 24.8 Å². The Labute approximate surface area is 166 Å². The van der Waals surface area contributed by atoms with Crippen LogP contribution in [-0.4, -0.2) is 55.9 Å². The first-order chi connectivity index (χ1) is 13.0. The third kappa shape index (κ3) is 3.44. The highest BCUT2D eigenvalue weighted by molar-refractivity contribution is 8.77. The van der Waals surface area contributed by atoms with Crippen molar-refractivity contribution >= 4 is 58.7 Å². The molecule has 2 aromatic rings. The molecule has 27 heavy (non-hydrogen) atoms. The lowest BCUT2D eigenvalue weighted by molar-refractivity contribution is -0.0729. The van der Waals surface area contributed by atoms with Gasteiger partial charge in [-0.3, -0.25) is 18.1 Å². The van der Waals surface area contributed by atoms with Crippen molar-refractivity contribution in [2.45, 2.75) is 31.0 Å². The summed E-state index contributed by atoms with van der Waals surface area (Å²) < 4.78 is 37.8. The third-order valence-corrected chi connectivity index (χ3v) is 8.82. The van der Waals surface area contributed by atoms with Gasteiger partial charge in [0.1, 0.15) is 28.6 Å². The number of aromatic nitrogens is 4. The highest BCUT2D eigenvalue weighted by Gasteiger charge is 2.49. The zero-order valence-electron chi connectivity index (χ0n) is 13.8. The van der Waals surface area contributed by atoms with Gasteiger partial charge >= 0.3 is 7.82 Å². The number of hydrogen-bond donors (Lipinski definition) is 2. The molecule has 5 heterocycles. The van der Waals surface area contributed by atoms with Crippen molar-refractivity contribution < 1.29 is 22.9 Å². The van der Waals surface area contributed by atoms with E-state index in [1.54, 1.807) is 32.5 Å². The molecule has 3 aliphatic rings. The standard InChI is InChI=1S/C13H16N5O5PS3/c14-13-16-11-10(12(25)17-13)15-5-18(11)9-1-7-8(21-9)2-20-24(19,23-7)22-6-3-26-27-4-6/h5-9H,1-4H2,(H3,14,16,17,25)/t7-,8+,9+,24+/m0/s1. The van der Waals surface area contributed by atoms with Gasteiger partial charge in [0.25, 0.3) is 0 Å². The zero-order chi connectivity index (χ0) is 18.6. The number of phosphoric ester groups is 1. The molecular weight excluding hydrogens is 433 g/mol. The number of ether oxygens (including phenoxy) is 1. The molecule has 0 radical (unpaired) electrons. The molecule has 146 valence electrons. The van der Waals surface area contributed by atoms with Crippen LogP contribution in [0.3, 0.4) is 0 Å². The van der Waals surface area contributed by atoms with E-state index in [4.69, 9.17) is 36.3 Å². The van der Waals surface area contributed by atoms with Crippen LogP contribution in [0.2, 0.25) is 0 Å². The maximum Gasteiger partial charge on any atom is 0.475 e. The molecule has 3 aliphatic heterocycles. The van der Waals surface area contributed by atoms with E-state index in [0.29, 0.717) is 22.2 Å². The van der Waals surface area contributed by atoms with Gasteiger partial charge in [0.2, 0.25) is 5.95 Å². The van der Waals surface area contributed by atoms with Crippen molar-refractivity contribution in [3.8, 4) is 0 Å². The quantitative estimate of drug-likeness (QED) is 0.408. The van der Waals surface area contributed by atoms with Crippen LogP contribution in [0.1, 0.15) is 12.6 Å². The first kappa shape index (κ1) is 18.4. The minimum Gasteiger partial charge on any atom is -0.369 e. The molecule has 3 fully saturated rings.